The van der Waals surface area contributed by atoms with Crippen molar-refractivity contribution in [1.29, 1.82) is 0 Å². The number of anilines is 1. The summed E-state index contributed by atoms with van der Waals surface area (Å²) in [6.45, 7) is 1.37. The first-order valence-corrected chi connectivity index (χ1v) is 8.68. The van der Waals surface area contributed by atoms with Crippen molar-refractivity contribution < 1.29 is 17.6 Å². The van der Waals surface area contributed by atoms with Gasteiger partial charge in [-0.2, -0.15) is 4.31 Å². The number of rotatable bonds is 5. The second-order valence-electron chi connectivity index (χ2n) is 4.70. The van der Waals surface area contributed by atoms with E-state index in [1.807, 2.05) is 0 Å². The van der Waals surface area contributed by atoms with E-state index in [1.54, 1.807) is 18.4 Å². The zero-order valence-corrected chi connectivity index (χ0v) is 13.7. The van der Waals surface area contributed by atoms with Crippen LogP contribution >= 0.6 is 11.3 Å². The highest BCUT2D eigenvalue weighted by Gasteiger charge is 2.23. The fourth-order valence-corrected chi connectivity index (χ4v) is 4.10. The molecule has 1 aromatic heterocycles. The van der Waals surface area contributed by atoms with Crippen molar-refractivity contribution in [3.63, 3.8) is 0 Å². The van der Waals surface area contributed by atoms with Gasteiger partial charge in [0.15, 0.2) is 0 Å². The largest absolute Gasteiger partial charge is 0.325 e. The molecule has 0 fully saturated rings. The van der Waals surface area contributed by atoms with Gasteiger partial charge in [0, 0.05) is 12.7 Å². The lowest BCUT2D eigenvalue weighted by atomic mass is 10.2. The van der Waals surface area contributed by atoms with Crippen LogP contribution in [0.1, 0.15) is 5.56 Å². The number of amides is 1. The van der Waals surface area contributed by atoms with Crippen LogP contribution in [-0.4, -0.2) is 32.2 Å². The number of nitrogens with one attached hydrogen (secondary N) is 1. The van der Waals surface area contributed by atoms with Gasteiger partial charge in [0.25, 0.3) is 10.0 Å². The zero-order valence-electron chi connectivity index (χ0n) is 12.0. The van der Waals surface area contributed by atoms with Crippen molar-refractivity contribution >= 4 is 33.0 Å². The number of aryl methyl sites for hydroxylation is 1. The van der Waals surface area contributed by atoms with Crippen molar-refractivity contribution in [2.24, 2.45) is 0 Å². The molecule has 0 aliphatic heterocycles. The Morgan fingerprint density at radius 1 is 1.36 bits per heavy atom. The lowest BCUT2D eigenvalue weighted by Crippen LogP contribution is -2.34. The van der Waals surface area contributed by atoms with Crippen molar-refractivity contribution in [3.05, 3.63) is 47.1 Å². The van der Waals surface area contributed by atoms with E-state index < -0.39 is 21.7 Å². The minimum absolute atomic E-state index is 0.171. The van der Waals surface area contributed by atoms with E-state index in [-0.39, 0.29) is 10.8 Å². The molecule has 0 bridgehead atoms. The Bertz CT molecular complexity index is 773. The molecule has 0 aliphatic carbocycles. The minimum atomic E-state index is -3.68. The van der Waals surface area contributed by atoms with Gasteiger partial charge in [0.1, 0.15) is 10.0 Å². The number of likely N-dealkylation sites (N-methyl/N-ethyl adjacent to an activating group) is 1. The van der Waals surface area contributed by atoms with Crippen LogP contribution in [0.5, 0.6) is 0 Å². The molecule has 1 heterocycles. The second kappa shape index (κ2) is 6.55. The first kappa shape index (κ1) is 16.6. The Hall–Kier alpha value is -1.77. The number of benzene rings is 1. The van der Waals surface area contributed by atoms with Crippen molar-refractivity contribution in [2.45, 2.75) is 11.1 Å². The van der Waals surface area contributed by atoms with Crippen LogP contribution in [0.25, 0.3) is 0 Å². The summed E-state index contributed by atoms with van der Waals surface area (Å²) in [4.78, 5) is 12.0. The van der Waals surface area contributed by atoms with Crippen LogP contribution in [0.3, 0.4) is 0 Å². The molecule has 0 saturated heterocycles. The summed E-state index contributed by atoms with van der Waals surface area (Å²) in [7, 11) is -2.36. The Balaban J connectivity index is 2.07. The monoisotopic (exact) mass is 342 g/mol. The van der Waals surface area contributed by atoms with Gasteiger partial charge in [-0.05, 0) is 36.1 Å². The van der Waals surface area contributed by atoms with Gasteiger partial charge in [-0.25, -0.2) is 12.8 Å². The molecule has 0 radical (unpaired) electrons. The maximum absolute atomic E-state index is 13.2. The van der Waals surface area contributed by atoms with Gasteiger partial charge in [0.2, 0.25) is 5.91 Å². The summed E-state index contributed by atoms with van der Waals surface area (Å²) in [5.74, 6) is -1.00. The molecular formula is C14H15FN2O3S2. The normalized spacial score (nSPS) is 11.6. The zero-order chi connectivity index (χ0) is 16.3. The Kier molecular flexibility index (Phi) is 4.94. The molecule has 2 aromatic rings. The fraction of sp³-hybridized carbons (Fsp3) is 0.214. The summed E-state index contributed by atoms with van der Waals surface area (Å²) < 4.78 is 38.7. The first-order chi connectivity index (χ1) is 10.3. The van der Waals surface area contributed by atoms with E-state index in [0.717, 1.165) is 15.6 Å². The van der Waals surface area contributed by atoms with Crippen molar-refractivity contribution in [3.8, 4) is 0 Å². The molecule has 0 spiro atoms. The smallest absolute Gasteiger partial charge is 0.252 e. The average Bonchev–Trinajstić information content (AvgIpc) is 2.97. The Morgan fingerprint density at radius 3 is 2.73 bits per heavy atom. The van der Waals surface area contributed by atoms with Gasteiger partial charge < -0.3 is 5.32 Å². The van der Waals surface area contributed by atoms with E-state index in [4.69, 9.17) is 0 Å². The average molecular weight is 342 g/mol. The maximum atomic E-state index is 13.2. The molecule has 2 rings (SSSR count). The standard InChI is InChI=1S/C14H15FN2O3S2/c1-10-5-6-11(15)8-12(10)16-13(18)9-17(2)22(19,20)14-4-3-7-21-14/h3-8H,9H2,1-2H3,(H,16,18). The quantitative estimate of drug-likeness (QED) is 0.908. The summed E-state index contributed by atoms with van der Waals surface area (Å²) in [6.07, 6.45) is 0. The molecule has 1 aromatic carbocycles. The highest BCUT2D eigenvalue weighted by Crippen LogP contribution is 2.20. The van der Waals surface area contributed by atoms with Crippen LogP contribution in [0, 0.1) is 12.7 Å². The highest BCUT2D eigenvalue weighted by atomic mass is 32.2. The van der Waals surface area contributed by atoms with Crippen molar-refractivity contribution in [1.82, 2.24) is 4.31 Å². The third-order valence-corrected chi connectivity index (χ3v) is 6.18. The first-order valence-electron chi connectivity index (χ1n) is 6.36. The van der Waals surface area contributed by atoms with E-state index >= 15 is 0 Å². The van der Waals surface area contributed by atoms with Crippen molar-refractivity contribution in [2.75, 3.05) is 18.9 Å². The number of carbonyl (C=O) groups excluding carboxylic acids is 1. The molecule has 22 heavy (non-hydrogen) atoms. The van der Waals surface area contributed by atoms with Gasteiger partial charge in [-0.1, -0.05) is 12.1 Å². The van der Waals surface area contributed by atoms with E-state index in [2.05, 4.69) is 5.32 Å². The third-order valence-electron chi connectivity index (χ3n) is 3.00. The van der Waals surface area contributed by atoms with Gasteiger partial charge >= 0.3 is 0 Å². The van der Waals surface area contributed by atoms with Crippen LogP contribution in [0.4, 0.5) is 10.1 Å². The Morgan fingerprint density at radius 2 is 2.09 bits per heavy atom. The number of thiophene rings is 1. The Labute approximate surface area is 132 Å². The topological polar surface area (TPSA) is 66.5 Å². The second-order valence-corrected chi connectivity index (χ2v) is 7.92. The van der Waals surface area contributed by atoms with Gasteiger partial charge in [-0.15, -0.1) is 11.3 Å². The fourth-order valence-electron chi connectivity index (χ4n) is 1.77. The van der Waals surface area contributed by atoms with E-state index in [0.29, 0.717) is 11.3 Å². The van der Waals surface area contributed by atoms with Gasteiger partial charge in [-0.3, -0.25) is 4.79 Å². The van der Waals surface area contributed by atoms with Gasteiger partial charge in [0.05, 0.1) is 6.54 Å². The molecule has 5 nitrogen and oxygen atoms in total. The summed E-state index contributed by atoms with van der Waals surface area (Å²) >= 11 is 1.08. The highest BCUT2D eigenvalue weighted by molar-refractivity contribution is 7.91. The SMILES string of the molecule is Cc1ccc(F)cc1NC(=O)CN(C)S(=O)(=O)c1cccs1. The van der Waals surface area contributed by atoms with Crippen LogP contribution in [0.2, 0.25) is 0 Å². The molecular weight excluding hydrogens is 327 g/mol. The summed E-state index contributed by atoms with van der Waals surface area (Å²) in [6, 6.07) is 7.13. The molecule has 0 saturated carbocycles. The lowest BCUT2D eigenvalue weighted by molar-refractivity contribution is -0.116. The molecule has 118 valence electrons. The van der Waals surface area contributed by atoms with Crippen LogP contribution in [0.15, 0.2) is 39.9 Å². The number of sulfonamides is 1. The third kappa shape index (κ3) is 3.70. The number of halogens is 1. The summed E-state index contributed by atoms with van der Waals surface area (Å²) in [5.41, 5.74) is 1.02. The van der Waals surface area contributed by atoms with E-state index in [9.17, 15) is 17.6 Å². The van der Waals surface area contributed by atoms with Crippen LogP contribution < -0.4 is 5.32 Å². The summed E-state index contributed by atoms with van der Waals surface area (Å²) in [5, 5.41) is 4.17. The molecule has 0 unspecified atom stereocenters. The lowest BCUT2D eigenvalue weighted by Gasteiger charge is -2.16. The molecule has 1 N–H and O–H groups in total. The molecule has 8 heteroatoms. The molecule has 0 atom stereocenters. The maximum Gasteiger partial charge on any atom is 0.252 e. The predicted molar refractivity (Wildman–Crippen MR) is 83.9 cm³/mol. The number of hydrogen-bond donors (Lipinski definition) is 1. The van der Waals surface area contributed by atoms with E-state index in [1.165, 1.54) is 31.3 Å². The number of hydrogen-bond acceptors (Lipinski definition) is 4. The number of nitrogens with zero attached hydrogens (tertiary/aromatic N) is 1. The molecule has 0 aliphatic rings. The number of carbonyl (C=O) groups is 1. The predicted octanol–water partition coefficient (Wildman–Crippen LogP) is 2.45. The molecule has 1 amide bonds. The minimum Gasteiger partial charge on any atom is -0.325 e. The van der Waals surface area contributed by atoms with Crippen LogP contribution in [-0.2, 0) is 14.8 Å².